The summed E-state index contributed by atoms with van der Waals surface area (Å²) in [5, 5.41) is 2.26. The van der Waals surface area contributed by atoms with Crippen LogP contribution < -0.4 is 5.23 Å². The number of rotatable bonds is 5. The van der Waals surface area contributed by atoms with Crippen LogP contribution in [0.2, 0.25) is 0 Å². The van der Waals surface area contributed by atoms with Crippen LogP contribution >= 0.6 is 0 Å². The first kappa shape index (κ1) is 10.5. The predicted octanol–water partition coefficient (Wildman–Crippen LogP) is 1.04. The molecule has 0 fully saturated rings. The summed E-state index contributed by atoms with van der Waals surface area (Å²) in [5.74, 6) is -0.164. The monoisotopic (exact) mass is 159 g/mol. The summed E-state index contributed by atoms with van der Waals surface area (Å²) < 4.78 is 0. The average Bonchev–Trinajstić information content (AvgIpc) is 2.10. The molecular weight excluding hydrogens is 149 g/mol. The second kappa shape index (κ2) is 6.22. The summed E-state index contributed by atoms with van der Waals surface area (Å²) in [4.78, 5) is 11.2. The molecule has 0 unspecified atom stereocenters. The largest absolute Gasteiger partial charge is 0.442 e. The van der Waals surface area contributed by atoms with Gasteiger partial charge in [0.1, 0.15) is 0 Å². The first-order valence-corrected chi connectivity index (χ1v) is 3.38. The Hall–Kier alpha value is -1.51. The number of ketones is 1. The zero-order chi connectivity index (χ0) is 9.40. The van der Waals surface area contributed by atoms with Gasteiger partial charge in [-0.2, -0.15) is 0 Å². The van der Waals surface area contributed by atoms with E-state index >= 15 is 0 Å². The maximum absolute atomic E-state index is 11.2. The number of nitrogens with one attached hydrogen (secondary N) is 1. The van der Waals surface area contributed by atoms with Crippen molar-refractivity contribution in [3.63, 3.8) is 0 Å². The quantitative estimate of drug-likeness (QED) is 0.369. The highest BCUT2D eigenvalue weighted by Crippen LogP contribution is 1.97. The van der Waals surface area contributed by atoms with Gasteiger partial charge in [-0.25, -0.2) is 0 Å². The van der Waals surface area contributed by atoms with E-state index in [1.165, 1.54) is 24.4 Å². The fourth-order valence-corrected chi connectivity index (χ4v) is 0.572. The third-order valence-corrected chi connectivity index (χ3v) is 1.13. The summed E-state index contributed by atoms with van der Waals surface area (Å²) >= 11 is 0. The van der Waals surface area contributed by atoms with Crippen LogP contribution in [-0.2, 0) is 4.79 Å². The SMILES string of the molecule is [B]NC=C(C=C)C(=O)/C=C\C=C. The van der Waals surface area contributed by atoms with Crippen molar-refractivity contribution in [2.24, 2.45) is 0 Å². The molecule has 0 heterocycles. The number of carbonyl (C=O) groups is 1. The molecule has 0 saturated heterocycles. The summed E-state index contributed by atoms with van der Waals surface area (Å²) in [6, 6.07) is 0. The summed E-state index contributed by atoms with van der Waals surface area (Å²) in [6.45, 7) is 6.90. The van der Waals surface area contributed by atoms with E-state index in [0.717, 1.165) is 0 Å². The van der Waals surface area contributed by atoms with Crippen LogP contribution in [0, 0.1) is 0 Å². The second-order valence-electron chi connectivity index (χ2n) is 1.93. The summed E-state index contributed by atoms with van der Waals surface area (Å²) in [5.41, 5.74) is 0.413. The van der Waals surface area contributed by atoms with Crippen molar-refractivity contribution < 1.29 is 4.79 Å². The molecule has 60 valence electrons. The molecule has 0 spiro atoms. The fourth-order valence-electron chi connectivity index (χ4n) is 0.572. The van der Waals surface area contributed by atoms with Gasteiger partial charge >= 0.3 is 0 Å². The van der Waals surface area contributed by atoms with Crippen molar-refractivity contribution in [2.75, 3.05) is 0 Å². The van der Waals surface area contributed by atoms with E-state index in [0.29, 0.717) is 5.57 Å². The number of carbonyl (C=O) groups excluding carboxylic acids is 1. The van der Waals surface area contributed by atoms with Gasteiger partial charge < -0.3 is 5.23 Å². The Morgan fingerprint density at radius 1 is 1.42 bits per heavy atom. The van der Waals surface area contributed by atoms with E-state index in [1.807, 2.05) is 0 Å². The maximum Gasteiger partial charge on any atom is 0.221 e. The predicted molar refractivity (Wildman–Crippen MR) is 51.5 cm³/mol. The van der Waals surface area contributed by atoms with Crippen LogP contribution in [0.1, 0.15) is 0 Å². The molecule has 0 saturated carbocycles. The van der Waals surface area contributed by atoms with E-state index in [9.17, 15) is 4.79 Å². The van der Waals surface area contributed by atoms with Gasteiger partial charge in [0.05, 0.1) is 0 Å². The van der Waals surface area contributed by atoms with Crippen molar-refractivity contribution in [1.29, 1.82) is 0 Å². The molecule has 0 bridgehead atoms. The summed E-state index contributed by atoms with van der Waals surface area (Å²) in [6.07, 6.45) is 7.26. The molecule has 0 aliphatic rings. The van der Waals surface area contributed by atoms with Gasteiger partial charge in [0.15, 0.2) is 5.78 Å². The standard InChI is InChI=1S/C9H10BNO/c1-3-5-6-9(12)8(4-2)7-11-10/h3-7,11H,1-2H2/b6-5-,8-7?. The smallest absolute Gasteiger partial charge is 0.221 e. The van der Waals surface area contributed by atoms with E-state index in [4.69, 9.17) is 7.98 Å². The Balaban J connectivity index is 4.42. The van der Waals surface area contributed by atoms with E-state index < -0.39 is 0 Å². The molecule has 0 aliphatic carbocycles. The van der Waals surface area contributed by atoms with Gasteiger partial charge in [0, 0.05) is 5.57 Å². The lowest BCUT2D eigenvalue weighted by atomic mass is 10.1. The van der Waals surface area contributed by atoms with Gasteiger partial charge in [0.2, 0.25) is 7.98 Å². The van der Waals surface area contributed by atoms with Crippen LogP contribution in [0.5, 0.6) is 0 Å². The van der Waals surface area contributed by atoms with E-state index in [-0.39, 0.29) is 5.78 Å². The van der Waals surface area contributed by atoms with Crippen LogP contribution in [-0.4, -0.2) is 13.8 Å². The highest BCUT2D eigenvalue weighted by Gasteiger charge is 1.98. The maximum atomic E-state index is 11.2. The normalized spacial score (nSPS) is 11.2. The van der Waals surface area contributed by atoms with Crippen LogP contribution in [0.15, 0.2) is 49.2 Å². The lowest BCUT2D eigenvalue weighted by Crippen LogP contribution is -2.03. The minimum atomic E-state index is -0.164. The van der Waals surface area contributed by atoms with Gasteiger partial charge in [-0.05, 0) is 12.3 Å². The van der Waals surface area contributed by atoms with Crippen molar-refractivity contribution in [1.82, 2.24) is 5.23 Å². The van der Waals surface area contributed by atoms with Crippen LogP contribution in [0.3, 0.4) is 0 Å². The van der Waals surface area contributed by atoms with Crippen LogP contribution in [0.4, 0.5) is 0 Å². The number of hydrogen-bond acceptors (Lipinski definition) is 2. The molecule has 3 heteroatoms. The second-order valence-corrected chi connectivity index (χ2v) is 1.93. The molecule has 0 amide bonds. The molecule has 0 aromatic rings. The zero-order valence-electron chi connectivity index (χ0n) is 6.79. The first-order chi connectivity index (χ1) is 5.76. The molecule has 0 aliphatic heterocycles. The van der Waals surface area contributed by atoms with Crippen molar-refractivity contribution >= 4 is 13.8 Å². The lowest BCUT2D eigenvalue weighted by Gasteiger charge is -1.94. The zero-order valence-corrected chi connectivity index (χ0v) is 6.79. The minimum absolute atomic E-state index is 0.164. The van der Waals surface area contributed by atoms with Gasteiger partial charge in [-0.1, -0.05) is 31.4 Å². The molecule has 0 aromatic heterocycles. The van der Waals surface area contributed by atoms with Crippen LogP contribution in [0.25, 0.3) is 0 Å². The Morgan fingerprint density at radius 3 is 2.50 bits per heavy atom. The fraction of sp³-hybridized carbons (Fsp3) is 0. The lowest BCUT2D eigenvalue weighted by molar-refractivity contribution is -0.111. The molecule has 0 aromatic carbocycles. The first-order valence-electron chi connectivity index (χ1n) is 3.38. The van der Waals surface area contributed by atoms with Crippen molar-refractivity contribution in [3.05, 3.63) is 49.2 Å². The molecule has 2 nitrogen and oxygen atoms in total. The van der Waals surface area contributed by atoms with Crippen molar-refractivity contribution in [2.45, 2.75) is 0 Å². The average molecular weight is 159 g/mol. The van der Waals surface area contributed by atoms with E-state index in [2.05, 4.69) is 18.4 Å². The number of hydrogen-bond donors (Lipinski definition) is 1. The Labute approximate surface area is 73.8 Å². The molecule has 0 atom stereocenters. The molecule has 1 N–H and O–H groups in total. The highest BCUT2D eigenvalue weighted by molar-refractivity contribution is 6.08. The Kier molecular flexibility index (Phi) is 5.44. The molecule has 12 heavy (non-hydrogen) atoms. The number of allylic oxidation sites excluding steroid dienone is 5. The van der Waals surface area contributed by atoms with E-state index in [1.54, 1.807) is 6.08 Å². The Morgan fingerprint density at radius 2 is 2.08 bits per heavy atom. The molecule has 0 rings (SSSR count). The Bertz CT molecular complexity index is 241. The summed E-state index contributed by atoms with van der Waals surface area (Å²) in [7, 11) is 5.00. The van der Waals surface area contributed by atoms with Crippen molar-refractivity contribution in [3.8, 4) is 0 Å². The van der Waals surface area contributed by atoms with Gasteiger partial charge in [-0.15, -0.1) is 0 Å². The third kappa shape index (κ3) is 3.61. The molecular formula is C9H10BNO. The van der Waals surface area contributed by atoms with Gasteiger partial charge in [-0.3, -0.25) is 4.79 Å². The topological polar surface area (TPSA) is 29.1 Å². The van der Waals surface area contributed by atoms with Gasteiger partial charge in [0.25, 0.3) is 0 Å². The third-order valence-electron chi connectivity index (χ3n) is 1.13. The highest BCUT2D eigenvalue weighted by atomic mass is 16.1. The molecule has 2 radical (unpaired) electrons. The minimum Gasteiger partial charge on any atom is -0.442 e.